The summed E-state index contributed by atoms with van der Waals surface area (Å²) in [4.78, 5) is 37.1. The Morgan fingerprint density at radius 2 is 1.74 bits per heavy atom. The van der Waals surface area contributed by atoms with Crippen molar-refractivity contribution in [3.63, 3.8) is 0 Å². The molecule has 1 saturated carbocycles. The molecule has 0 saturated heterocycles. The Kier molecular flexibility index (Phi) is 9.67. The lowest BCUT2D eigenvalue weighted by molar-refractivity contribution is -0.140. The second-order valence-electron chi connectivity index (χ2n) is 14.9. The average Bonchev–Trinajstić information content (AvgIpc) is 3.41. The molecule has 5 atom stereocenters. The maximum absolute atomic E-state index is 15.5. The maximum Gasteiger partial charge on any atom is 0.265 e. The molecule has 0 aromatic carbocycles. The minimum Gasteiger partial charge on any atom is -0.507 e. The number of carbonyl (C=O) groups is 2. The third-order valence-electron chi connectivity index (χ3n) is 10.6. The van der Waals surface area contributed by atoms with Crippen LogP contribution in [-0.4, -0.2) is 72.9 Å². The van der Waals surface area contributed by atoms with Crippen molar-refractivity contribution in [2.24, 2.45) is 11.8 Å². The Labute approximate surface area is 279 Å². The van der Waals surface area contributed by atoms with E-state index in [-0.39, 0.29) is 33.7 Å². The molecule has 47 heavy (non-hydrogen) atoms. The molecule has 1 N–H and O–H groups in total. The van der Waals surface area contributed by atoms with E-state index in [1.807, 2.05) is 39.0 Å². The molecule has 11 heteroatoms. The minimum absolute atomic E-state index is 0.0747. The Hall–Kier alpha value is -3.28. The molecular weight excluding hydrogens is 614 g/mol. The predicted molar refractivity (Wildman–Crippen MR) is 182 cm³/mol. The Balaban J connectivity index is 1.79. The maximum atomic E-state index is 15.5. The van der Waals surface area contributed by atoms with Crippen LogP contribution < -0.4 is 9.47 Å². The normalized spacial score (nSPS) is 25.7. The fourth-order valence-electron chi connectivity index (χ4n) is 7.16. The van der Waals surface area contributed by atoms with Gasteiger partial charge in [0.15, 0.2) is 19.7 Å². The minimum atomic E-state index is -2.83. The summed E-state index contributed by atoms with van der Waals surface area (Å²) in [6, 6.07) is -0.537. The first-order valence-corrected chi connectivity index (χ1v) is 19.8. The number of allylic oxidation sites excluding steroid dienone is 1. The van der Waals surface area contributed by atoms with E-state index in [1.54, 1.807) is 18.5 Å². The van der Waals surface area contributed by atoms with Crippen molar-refractivity contribution in [1.82, 2.24) is 15.0 Å². The van der Waals surface area contributed by atoms with Gasteiger partial charge in [0.25, 0.3) is 5.88 Å². The third-order valence-corrected chi connectivity index (χ3v) is 15.1. The molecule has 2 heterocycles. The van der Waals surface area contributed by atoms with Crippen LogP contribution in [0.4, 0.5) is 0 Å². The summed E-state index contributed by atoms with van der Waals surface area (Å²) in [6.07, 6.45) is 8.85. The van der Waals surface area contributed by atoms with Crippen LogP contribution in [0.5, 0.6) is 11.6 Å². The van der Waals surface area contributed by atoms with Crippen molar-refractivity contribution in [1.29, 1.82) is 0 Å². The van der Waals surface area contributed by atoms with Gasteiger partial charge in [-0.3, -0.25) is 19.5 Å². The van der Waals surface area contributed by atoms with Crippen molar-refractivity contribution in [2.45, 2.75) is 102 Å². The van der Waals surface area contributed by atoms with Crippen LogP contribution in [0.25, 0.3) is 5.76 Å². The van der Waals surface area contributed by atoms with Gasteiger partial charge in [-0.05, 0) is 62.2 Å². The first kappa shape index (κ1) is 35.0. The summed E-state index contributed by atoms with van der Waals surface area (Å²) in [6.45, 7) is 19.4. The van der Waals surface area contributed by atoms with E-state index in [0.717, 1.165) is 31.2 Å². The second-order valence-corrected chi connectivity index (χ2v) is 19.6. The molecule has 0 aliphatic heterocycles. The first-order chi connectivity index (χ1) is 22.2. The lowest BCUT2D eigenvalue weighted by Gasteiger charge is -2.55. The number of aliphatic hydroxyl groups excluding tert-OH is 1. The number of fused-ring (bicyclic) bond motifs is 4. The third kappa shape index (κ3) is 5.57. The van der Waals surface area contributed by atoms with Crippen LogP contribution in [0.1, 0.15) is 106 Å². The van der Waals surface area contributed by atoms with Crippen molar-refractivity contribution in [2.75, 3.05) is 27.3 Å². The van der Waals surface area contributed by atoms with E-state index in [1.165, 1.54) is 0 Å². The summed E-state index contributed by atoms with van der Waals surface area (Å²) >= 11 is 0. The number of unbranched alkanes of at least 4 members (excludes halogenated alkanes) is 2. The van der Waals surface area contributed by atoms with Crippen molar-refractivity contribution < 1.29 is 33.1 Å². The van der Waals surface area contributed by atoms with Gasteiger partial charge in [-0.1, -0.05) is 53.5 Å². The van der Waals surface area contributed by atoms with Gasteiger partial charge in [0.2, 0.25) is 11.6 Å². The second kappa shape index (κ2) is 13.0. The highest BCUT2D eigenvalue weighted by Gasteiger charge is 2.69. The van der Waals surface area contributed by atoms with Crippen LogP contribution >= 0.6 is 0 Å². The lowest BCUT2D eigenvalue weighted by atomic mass is 9.55. The smallest absolute Gasteiger partial charge is 0.265 e. The number of aromatic nitrogens is 2. The SMILES string of the molecule is C=C[C@H]1c2cncc(OCCCC)c2C(O)=C2C(=O)[C@]3(O[Si](C)(C)C(C)(C)C)C(=O)c4c(OCCCC)noc4[C@@H](N(C)C)[C@@H]3C[C@@H]21. The van der Waals surface area contributed by atoms with Crippen LogP contribution in [-0.2, 0) is 9.22 Å². The molecule has 0 bridgehead atoms. The number of rotatable bonds is 12. The van der Waals surface area contributed by atoms with Crippen molar-refractivity contribution in [3.05, 3.63) is 53.1 Å². The van der Waals surface area contributed by atoms with Gasteiger partial charge < -0.3 is 23.5 Å². The number of hydrogen-bond donors (Lipinski definition) is 1. The molecule has 3 aliphatic carbocycles. The van der Waals surface area contributed by atoms with Crippen LogP contribution in [0.3, 0.4) is 0 Å². The number of pyridine rings is 1. The zero-order valence-corrected chi connectivity index (χ0v) is 30.4. The molecule has 2 aromatic rings. The summed E-state index contributed by atoms with van der Waals surface area (Å²) < 4.78 is 25.2. The first-order valence-electron chi connectivity index (χ1n) is 16.9. The molecule has 256 valence electrons. The zero-order chi connectivity index (χ0) is 34.5. The highest BCUT2D eigenvalue weighted by molar-refractivity contribution is 6.74. The fraction of sp³-hybridized carbons (Fsp3) is 0.611. The van der Waals surface area contributed by atoms with E-state index in [2.05, 4.69) is 44.4 Å². The molecular formula is C36H51N3O7Si. The quantitative estimate of drug-likeness (QED) is 0.106. The van der Waals surface area contributed by atoms with Gasteiger partial charge in [-0.2, -0.15) is 0 Å². The zero-order valence-electron chi connectivity index (χ0n) is 29.4. The molecule has 10 nitrogen and oxygen atoms in total. The van der Waals surface area contributed by atoms with E-state index < -0.39 is 43.4 Å². The van der Waals surface area contributed by atoms with Crippen LogP contribution in [0.2, 0.25) is 18.1 Å². The van der Waals surface area contributed by atoms with E-state index >= 15 is 9.59 Å². The van der Waals surface area contributed by atoms with Crippen molar-refractivity contribution >= 4 is 25.6 Å². The summed E-state index contributed by atoms with van der Waals surface area (Å²) in [7, 11) is 0.978. The van der Waals surface area contributed by atoms with E-state index in [4.69, 9.17) is 18.4 Å². The van der Waals surface area contributed by atoms with Crippen LogP contribution in [0.15, 0.2) is 35.1 Å². The number of ketones is 2. The summed E-state index contributed by atoms with van der Waals surface area (Å²) in [5.74, 6) is -1.90. The Morgan fingerprint density at radius 1 is 1.09 bits per heavy atom. The average molecular weight is 666 g/mol. The standard InChI is InChI=1S/C36H51N3O7Si/c1-11-14-16-43-25-20-37-19-23-21(13-3)22-18-24-29(39(7)8)31-28(34(38-45-31)44-17-15-12-2)33(42)36(24,46-47(9,10)35(4,5)6)32(41)27(22)30(40)26(23)25/h13,19-22,24,29,40H,3,11-12,14-18H2,1-2,4-10H3/t21-,22-,24+,29+,36+/m1/s1. The summed E-state index contributed by atoms with van der Waals surface area (Å²) in [5.41, 5.74) is -0.475. The van der Waals surface area contributed by atoms with E-state index in [0.29, 0.717) is 36.7 Å². The molecule has 2 aromatic heterocycles. The van der Waals surface area contributed by atoms with Crippen molar-refractivity contribution in [3.8, 4) is 11.6 Å². The largest absolute Gasteiger partial charge is 0.507 e. The highest BCUT2D eigenvalue weighted by Crippen LogP contribution is 2.61. The molecule has 0 unspecified atom stereocenters. The fourth-order valence-corrected chi connectivity index (χ4v) is 8.61. The molecule has 0 radical (unpaired) electrons. The summed E-state index contributed by atoms with van der Waals surface area (Å²) in [5, 5.41) is 16.0. The van der Waals surface area contributed by atoms with Crippen LogP contribution in [0, 0.1) is 11.8 Å². The number of aliphatic hydroxyl groups is 1. The number of Topliss-reactive ketones (excluding diaryl/α,β-unsaturated/α-hetero) is 2. The van der Waals surface area contributed by atoms with Gasteiger partial charge in [-0.15, -0.1) is 6.58 Å². The van der Waals surface area contributed by atoms with E-state index in [9.17, 15) is 5.11 Å². The van der Waals surface area contributed by atoms with Gasteiger partial charge in [-0.25, -0.2) is 0 Å². The highest BCUT2D eigenvalue weighted by atomic mass is 28.4. The number of hydrogen-bond acceptors (Lipinski definition) is 10. The molecule has 5 rings (SSSR count). The van der Waals surface area contributed by atoms with Gasteiger partial charge in [0.05, 0.1) is 31.0 Å². The topological polar surface area (TPSA) is 124 Å². The molecule has 0 spiro atoms. The van der Waals surface area contributed by atoms with Gasteiger partial charge in [0.1, 0.15) is 17.1 Å². The number of nitrogens with zero attached hydrogens (tertiary/aromatic N) is 3. The Bertz CT molecular complexity index is 1570. The van der Waals surface area contributed by atoms with Gasteiger partial charge in [0, 0.05) is 29.5 Å². The van der Waals surface area contributed by atoms with Gasteiger partial charge >= 0.3 is 0 Å². The molecule has 0 amide bonds. The lowest BCUT2D eigenvalue weighted by Crippen LogP contribution is -2.68. The Morgan fingerprint density at radius 3 is 2.34 bits per heavy atom. The number of ether oxygens (including phenoxy) is 2. The number of carbonyl (C=O) groups excluding carboxylic acids is 2. The molecule has 3 aliphatic rings. The monoisotopic (exact) mass is 665 g/mol. The predicted octanol–water partition coefficient (Wildman–Crippen LogP) is 7.44. The molecule has 1 fully saturated rings.